The maximum atomic E-state index is 12.2. The molecule has 1 unspecified atom stereocenters. The van der Waals surface area contributed by atoms with Gasteiger partial charge in [-0.3, -0.25) is 9.59 Å². The number of carbonyl (C=O) groups is 2. The molecule has 0 radical (unpaired) electrons. The first-order valence-electron chi connectivity index (χ1n) is 6.18. The van der Waals surface area contributed by atoms with Crippen LogP contribution >= 0.6 is 11.6 Å². The smallest absolute Gasteiger partial charge is 0.306 e. The minimum atomic E-state index is -0.814. The lowest BCUT2D eigenvalue weighted by Gasteiger charge is -2.41. The second-order valence-electron chi connectivity index (χ2n) is 5.08. The molecule has 1 N–H and O–H groups in total. The molecule has 1 fully saturated rings. The van der Waals surface area contributed by atoms with E-state index in [0.29, 0.717) is 23.7 Å². The van der Waals surface area contributed by atoms with Crippen LogP contribution in [0.25, 0.3) is 0 Å². The highest BCUT2D eigenvalue weighted by atomic mass is 35.5. The van der Waals surface area contributed by atoms with E-state index in [0.717, 1.165) is 5.56 Å². The highest BCUT2D eigenvalue weighted by molar-refractivity contribution is 6.33. The lowest BCUT2D eigenvalue weighted by molar-refractivity contribution is -0.144. The number of amides is 1. The van der Waals surface area contributed by atoms with Crippen molar-refractivity contribution in [1.29, 1.82) is 0 Å². The molecule has 1 atom stereocenters. The molecule has 1 saturated heterocycles. The molecule has 4 nitrogen and oxygen atoms in total. The van der Waals surface area contributed by atoms with Gasteiger partial charge >= 0.3 is 5.97 Å². The molecule has 0 bridgehead atoms. The molecule has 19 heavy (non-hydrogen) atoms. The molecule has 1 aliphatic rings. The van der Waals surface area contributed by atoms with Crippen molar-refractivity contribution in [2.75, 3.05) is 13.1 Å². The highest BCUT2D eigenvalue weighted by Gasteiger charge is 2.37. The van der Waals surface area contributed by atoms with Crippen molar-refractivity contribution in [3.63, 3.8) is 0 Å². The molecule has 1 amide bonds. The third-order valence-corrected chi connectivity index (χ3v) is 3.96. The Bertz CT molecular complexity index is 523. The van der Waals surface area contributed by atoms with Gasteiger partial charge in [-0.05, 0) is 24.6 Å². The van der Waals surface area contributed by atoms with E-state index in [-0.39, 0.29) is 11.8 Å². The second-order valence-corrected chi connectivity index (χ2v) is 5.49. The Morgan fingerprint density at radius 2 is 2.05 bits per heavy atom. The first-order valence-corrected chi connectivity index (χ1v) is 6.56. The number of aliphatic carboxylic acids is 1. The number of halogens is 1. The number of nitrogens with zero attached hydrogens (tertiary/aromatic N) is 1. The second kappa shape index (κ2) is 5.21. The van der Waals surface area contributed by atoms with Gasteiger partial charge in [-0.25, -0.2) is 0 Å². The minimum absolute atomic E-state index is 0.0330. The number of carboxylic acids is 1. The summed E-state index contributed by atoms with van der Waals surface area (Å²) in [7, 11) is 0. The maximum Gasteiger partial charge on any atom is 0.306 e. The van der Waals surface area contributed by atoms with Gasteiger partial charge in [-0.2, -0.15) is 0 Å². The zero-order valence-corrected chi connectivity index (χ0v) is 11.6. The van der Waals surface area contributed by atoms with Crippen molar-refractivity contribution in [1.82, 2.24) is 4.90 Å². The molecular weight excluding hydrogens is 266 g/mol. The van der Waals surface area contributed by atoms with E-state index in [1.165, 1.54) is 0 Å². The Balaban J connectivity index is 2.02. The fourth-order valence-electron chi connectivity index (χ4n) is 2.16. The molecule has 2 rings (SSSR count). The van der Waals surface area contributed by atoms with Crippen molar-refractivity contribution >= 4 is 23.5 Å². The van der Waals surface area contributed by atoms with Crippen LogP contribution in [0.2, 0.25) is 5.02 Å². The topological polar surface area (TPSA) is 57.6 Å². The molecule has 1 aromatic carbocycles. The molecule has 0 aliphatic carbocycles. The monoisotopic (exact) mass is 281 g/mol. The molecule has 1 aromatic rings. The Labute approximate surface area is 117 Å². The lowest BCUT2D eigenvalue weighted by atomic mass is 9.86. The van der Waals surface area contributed by atoms with E-state index in [9.17, 15) is 9.59 Å². The number of hydrogen-bond acceptors (Lipinski definition) is 2. The molecule has 0 saturated carbocycles. The Hall–Kier alpha value is -1.55. The van der Waals surface area contributed by atoms with Crippen LogP contribution in [0.5, 0.6) is 0 Å². The maximum absolute atomic E-state index is 12.2. The first kappa shape index (κ1) is 13.9. The number of carbonyl (C=O) groups excluding carboxylic acids is 1. The molecular formula is C14H16ClNO3. The van der Waals surface area contributed by atoms with Crippen molar-refractivity contribution in [3.8, 4) is 0 Å². The summed E-state index contributed by atoms with van der Waals surface area (Å²) in [6.07, 6.45) is 0. The minimum Gasteiger partial charge on any atom is -0.481 e. The van der Waals surface area contributed by atoms with Gasteiger partial charge < -0.3 is 10.0 Å². The third-order valence-electron chi connectivity index (χ3n) is 3.65. The van der Waals surface area contributed by atoms with Gasteiger partial charge in [0.2, 0.25) is 0 Å². The third kappa shape index (κ3) is 2.73. The van der Waals surface area contributed by atoms with Crippen molar-refractivity contribution in [2.24, 2.45) is 11.8 Å². The van der Waals surface area contributed by atoms with Gasteiger partial charge in [-0.1, -0.05) is 24.6 Å². The van der Waals surface area contributed by atoms with E-state index in [2.05, 4.69) is 0 Å². The van der Waals surface area contributed by atoms with Crippen LogP contribution in [-0.2, 0) is 4.79 Å². The summed E-state index contributed by atoms with van der Waals surface area (Å²) in [6.45, 7) is 4.55. The van der Waals surface area contributed by atoms with Crippen LogP contribution in [0.15, 0.2) is 18.2 Å². The Morgan fingerprint density at radius 3 is 2.58 bits per heavy atom. The van der Waals surface area contributed by atoms with E-state index < -0.39 is 11.9 Å². The molecule has 0 aromatic heterocycles. The van der Waals surface area contributed by atoms with Gasteiger partial charge in [-0.15, -0.1) is 0 Å². The van der Waals surface area contributed by atoms with Crippen LogP contribution < -0.4 is 0 Å². The SMILES string of the molecule is Cc1ccc(C(=O)N2CC(C(C)C(=O)O)C2)c(Cl)c1. The molecule has 1 aliphatic heterocycles. The number of aryl methyl sites for hydroxylation is 1. The number of likely N-dealkylation sites (tertiary alicyclic amines) is 1. The number of rotatable bonds is 3. The Morgan fingerprint density at radius 1 is 1.42 bits per heavy atom. The summed E-state index contributed by atoms with van der Waals surface area (Å²) in [5, 5.41) is 9.35. The summed E-state index contributed by atoms with van der Waals surface area (Å²) < 4.78 is 0. The summed E-state index contributed by atoms with van der Waals surface area (Å²) in [4.78, 5) is 24.7. The predicted octanol–water partition coefficient (Wildman–Crippen LogP) is 2.44. The summed E-state index contributed by atoms with van der Waals surface area (Å²) in [6, 6.07) is 5.32. The molecule has 0 spiro atoms. The van der Waals surface area contributed by atoms with Gasteiger partial charge in [0.25, 0.3) is 5.91 Å². The van der Waals surface area contributed by atoms with Gasteiger partial charge in [0.05, 0.1) is 16.5 Å². The van der Waals surface area contributed by atoms with Gasteiger partial charge in [0, 0.05) is 19.0 Å². The number of carboxylic acid groups (broad SMARTS) is 1. The van der Waals surface area contributed by atoms with Crippen LogP contribution in [0, 0.1) is 18.8 Å². The van der Waals surface area contributed by atoms with Gasteiger partial charge in [0.1, 0.15) is 0 Å². The highest BCUT2D eigenvalue weighted by Crippen LogP contribution is 2.27. The summed E-state index contributed by atoms with van der Waals surface area (Å²) in [5.41, 5.74) is 1.48. The van der Waals surface area contributed by atoms with Gasteiger partial charge in [0.15, 0.2) is 0 Å². The van der Waals surface area contributed by atoms with E-state index in [1.807, 2.05) is 13.0 Å². The first-order chi connectivity index (χ1) is 8.90. The normalized spacial score (nSPS) is 16.9. The number of hydrogen-bond donors (Lipinski definition) is 1. The fourth-order valence-corrected chi connectivity index (χ4v) is 2.48. The Kier molecular flexibility index (Phi) is 3.80. The van der Waals surface area contributed by atoms with E-state index in [1.54, 1.807) is 24.0 Å². The fraction of sp³-hybridized carbons (Fsp3) is 0.429. The van der Waals surface area contributed by atoms with E-state index in [4.69, 9.17) is 16.7 Å². The average Bonchev–Trinajstić information content (AvgIpc) is 2.26. The standard InChI is InChI=1S/C14H16ClNO3/c1-8-3-4-11(12(15)5-8)13(17)16-6-10(7-16)9(2)14(18)19/h3-5,9-10H,6-7H2,1-2H3,(H,18,19). The molecule has 5 heteroatoms. The predicted molar refractivity (Wildman–Crippen MR) is 72.4 cm³/mol. The van der Waals surface area contributed by atoms with Crippen LogP contribution in [0.1, 0.15) is 22.8 Å². The average molecular weight is 282 g/mol. The zero-order valence-electron chi connectivity index (χ0n) is 10.9. The van der Waals surface area contributed by atoms with Crippen LogP contribution in [-0.4, -0.2) is 35.0 Å². The summed E-state index contributed by atoms with van der Waals surface area (Å²) >= 11 is 6.06. The number of benzene rings is 1. The molecule has 102 valence electrons. The van der Waals surface area contributed by atoms with E-state index >= 15 is 0 Å². The summed E-state index contributed by atoms with van der Waals surface area (Å²) in [5.74, 6) is -1.33. The zero-order chi connectivity index (χ0) is 14.2. The van der Waals surface area contributed by atoms with Crippen LogP contribution in [0.4, 0.5) is 0 Å². The largest absolute Gasteiger partial charge is 0.481 e. The van der Waals surface area contributed by atoms with Crippen molar-refractivity contribution in [3.05, 3.63) is 34.3 Å². The van der Waals surface area contributed by atoms with Crippen molar-refractivity contribution < 1.29 is 14.7 Å². The van der Waals surface area contributed by atoms with Crippen LogP contribution in [0.3, 0.4) is 0 Å². The quantitative estimate of drug-likeness (QED) is 0.926. The van der Waals surface area contributed by atoms with Crippen molar-refractivity contribution in [2.45, 2.75) is 13.8 Å². The molecule has 1 heterocycles. The lowest BCUT2D eigenvalue weighted by Crippen LogP contribution is -2.53.